The Morgan fingerprint density at radius 3 is 2.13 bits per heavy atom. The van der Waals surface area contributed by atoms with Gasteiger partial charge in [-0.15, -0.1) is 0 Å². The lowest BCUT2D eigenvalue weighted by molar-refractivity contribution is -0.0422. The summed E-state index contributed by atoms with van der Waals surface area (Å²) >= 11 is 0. The summed E-state index contributed by atoms with van der Waals surface area (Å²) < 4.78 is 0. The normalized spacial score (nSPS) is 33.7. The molecule has 0 spiro atoms. The van der Waals surface area contributed by atoms with E-state index in [9.17, 15) is 5.11 Å². The van der Waals surface area contributed by atoms with Crippen LogP contribution in [0.3, 0.4) is 0 Å². The molecule has 0 aromatic heterocycles. The maximum Gasteiger partial charge on any atom is 0.0794 e. The van der Waals surface area contributed by atoms with Crippen LogP contribution in [0.1, 0.15) is 53.4 Å². The van der Waals surface area contributed by atoms with Crippen molar-refractivity contribution in [1.29, 1.82) is 0 Å². The van der Waals surface area contributed by atoms with E-state index in [1.54, 1.807) is 0 Å². The molecule has 23 heavy (non-hydrogen) atoms. The van der Waals surface area contributed by atoms with Crippen molar-refractivity contribution in [2.45, 2.75) is 83.6 Å². The van der Waals surface area contributed by atoms with E-state index in [0.717, 1.165) is 31.1 Å². The van der Waals surface area contributed by atoms with Crippen molar-refractivity contribution in [3.63, 3.8) is 0 Å². The highest BCUT2D eigenvalue weighted by Crippen LogP contribution is 2.31. The van der Waals surface area contributed by atoms with Gasteiger partial charge in [0, 0.05) is 50.3 Å². The maximum atomic E-state index is 9.48. The van der Waals surface area contributed by atoms with E-state index in [1.165, 1.54) is 45.3 Å². The molecule has 0 amide bonds. The molecule has 0 aromatic carbocycles. The molecular weight excluding hydrogens is 286 g/mol. The standard InChI is InChI=1S/C19H37N3O/c1-14(2)20-7-5-17(11-20)9-16(4)22-8-6-18(22)10-15(3)21-12-19(23)13-21/h14-19,23H,5-13H2,1-4H3. The van der Waals surface area contributed by atoms with Crippen LogP contribution in [0.15, 0.2) is 0 Å². The average Bonchev–Trinajstić information content (AvgIpc) is 2.88. The summed E-state index contributed by atoms with van der Waals surface area (Å²) in [6.07, 6.45) is 5.34. The first kappa shape index (κ1) is 17.7. The maximum absolute atomic E-state index is 9.48. The van der Waals surface area contributed by atoms with Crippen molar-refractivity contribution in [3.8, 4) is 0 Å². The second-order valence-electron chi connectivity index (χ2n) is 8.70. The molecule has 3 aliphatic heterocycles. The summed E-state index contributed by atoms with van der Waals surface area (Å²) in [5.41, 5.74) is 0. The third-order valence-electron chi connectivity index (χ3n) is 6.60. The number of hydrogen-bond acceptors (Lipinski definition) is 4. The van der Waals surface area contributed by atoms with Crippen LogP contribution < -0.4 is 0 Å². The molecule has 0 aromatic rings. The number of aliphatic hydroxyl groups excluding tert-OH is 1. The lowest BCUT2D eigenvalue weighted by Gasteiger charge is -2.49. The Balaban J connectivity index is 1.40. The molecule has 3 saturated heterocycles. The van der Waals surface area contributed by atoms with Crippen LogP contribution >= 0.6 is 0 Å². The smallest absolute Gasteiger partial charge is 0.0794 e. The lowest BCUT2D eigenvalue weighted by Crippen LogP contribution is -2.59. The van der Waals surface area contributed by atoms with Crippen LogP contribution in [0.5, 0.6) is 0 Å². The summed E-state index contributed by atoms with van der Waals surface area (Å²) in [7, 11) is 0. The molecule has 1 N–H and O–H groups in total. The quantitative estimate of drug-likeness (QED) is 0.776. The molecule has 0 radical (unpaired) electrons. The molecule has 4 atom stereocenters. The molecule has 3 rings (SSSR count). The van der Waals surface area contributed by atoms with E-state index in [-0.39, 0.29) is 6.10 Å². The van der Waals surface area contributed by atoms with Gasteiger partial charge in [0.15, 0.2) is 0 Å². The van der Waals surface area contributed by atoms with Crippen LogP contribution in [0.25, 0.3) is 0 Å². The average molecular weight is 324 g/mol. The lowest BCUT2D eigenvalue weighted by atomic mass is 9.89. The largest absolute Gasteiger partial charge is 0.390 e. The zero-order valence-corrected chi connectivity index (χ0v) is 15.6. The third kappa shape index (κ3) is 4.09. The van der Waals surface area contributed by atoms with Gasteiger partial charge in [-0.05, 0) is 65.8 Å². The molecule has 4 heteroatoms. The first-order chi connectivity index (χ1) is 10.9. The minimum Gasteiger partial charge on any atom is -0.390 e. The zero-order valence-electron chi connectivity index (χ0n) is 15.6. The summed E-state index contributed by atoms with van der Waals surface area (Å²) in [6, 6.07) is 2.85. The van der Waals surface area contributed by atoms with E-state index in [2.05, 4.69) is 42.4 Å². The predicted molar refractivity (Wildman–Crippen MR) is 95.7 cm³/mol. The van der Waals surface area contributed by atoms with Gasteiger partial charge in [0.05, 0.1) is 6.10 Å². The van der Waals surface area contributed by atoms with Gasteiger partial charge < -0.3 is 10.0 Å². The van der Waals surface area contributed by atoms with E-state index in [1.807, 2.05) is 0 Å². The first-order valence-electron chi connectivity index (χ1n) is 9.86. The van der Waals surface area contributed by atoms with Gasteiger partial charge in [0.1, 0.15) is 0 Å². The van der Waals surface area contributed by atoms with Crippen molar-refractivity contribution in [1.82, 2.24) is 14.7 Å². The van der Waals surface area contributed by atoms with Crippen LogP contribution in [0.2, 0.25) is 0 Å². The summed E-state index contributed by atoms with van der Waals surface area (Å²) in [5, 5.41) is 9.48. The monoisotopic (exact) mass is 323 g/mol. The molecule has 3 fully saturated rings. The number of nitrogens with zero attached hydrogens (tertiary/aromatic N) is 3. The fraction of sp³-hybridized carbons (Fsp3) is 1.00. The van der Waals surface area contributed by atoms with E-state index in [0.29, 0.717) is 12.1 Å². The Bertz CT molecular complexity index is 383. The highest BCUT2D eigenvalue weighted by Gasteiger charge is 2.37. The third-order valence-corrected chi connectivity index (χ3v) is 6.60. The van der Waals surface area contributed by atoms with Crippen molar-refractivity contribution >= 4 is 0 Å². The minimum absolute atomic E-state index is 0.0693. The van der Waals surface area contributed by atoms with E-state index in [4.69, 9.17) is 0 Å². The van der Waals surface area contributed by atoms with Gasteiger partial charge in [0.25, 0.3) is 0 Å². The molecule has 4 unspecified atom stereocenters. The molecule has 0 saturated carbocycles. The Hall–Kier alpha value is -0.160. The fourth-order valence-electron chi connectivity index (χ4n) is 4.83. The van der Waals surface area contributed by atoms with Gasteiger partial charge >= 0.3 is 0 Å². The Morgan fingerprint density at radius 1 is 0.870 bits per heavy atom. The Labute approximate surface area is 142 Å². The number of likely N-dealkylation sites (tertiary alicyclic amines) is 3. The van der Waals surface area contributed by atoms with Gasteiger partial charge in [-0.3, -0.25) is 9.80 Å². The highest BCUT2D eigenvalue weighted by atomic mass is 16.3. The summed E-state index contributed by atoms with van der Waals surface area (Å²) in [6.45, 7) is 15.1. The van der Waals surface area contributed by atoms with E-state index >= 15 is 0 Å². The SMILES string of the molecule is CC(C)N1CCC(CC(C)N2CCC2CC(C)N2CC(O)C2)C1. The number of rotatable bonds is 7. The fourth-order valence-corrected chi connectivity index (χ4v) is 4.83. The van der Waals surface area contributed by atoms with Gasteiger partial charge in [-0.2, -0.15) is 0 Å². The van der Waals surface area contributed by atoms with Crippen molar-refractivity contribution < 1.29 is 5.11 Å². The summed E-state index contributed by atoms with van der Waals surface area (Å²) in [4.78, 5) is 7.83. The van der Waals surface area contributed by atoms with Crippen LogP contribution in [-0.4, -0.2) is 82.8 Å². The topological polar surface area (TPSA) is 30.0 Å². The van der Waals surface area contributed by atoms with Crippen LogP contribution in [-0.2, 0) is 0 Å². The van der Waals surface area contributed by atoms with Gasteiger partial charge in [0.2, 0.25) is 0 Å². The van der Waals surface area contributed by atoms with Crippen LogP contribution in [0.4, 0.5) is 0 Å². The summed E-state index contributed by atoms with van der Waals surface area (Å²) in [5.74, 6) is 0.900. The van der Waals surface area contributed by atoms with Crippen molar-refractivity contribution in [2.75, 3.05) is 32.7 Å². The number of β-amino-alcohol motifs (C(OH)–C–C–N with tert-alkyl or cyclic N) is 1. The molecule has 0 aliphatic carbocycles. The van der Waals surface area contributed by atoms with E-state index < -0.39 is 0 Å². The Kier molecular flexibility index (Phi) is 5.67. The van der Waals surface area contributed by atoms with Gasteiger partial charge in [-0.25, -0.2) is 0 Å². The molecule has 3 aliphatic rings. The first-order valence-corrected chi connectivity index (χ1v) is 9.86. The predicted octanol–water partition coefficient (Wildman–Crippen LogP) is 2.02. The second-order valence-corrected chi connectivity index (χ2v) is 8.70. The highest BCUT2D eigenvalue weighted by molar-refractivity contribution is 4.93. The second kappa shape index (κ2) is 7.38. The molecule has 3 heterocycles. The Morgan fingerprint density at radius 2 is 1.61 bits per heavy atom. The van der Waals surface area contributed by atoms with Gasteiger partial charge in [-0.1, -0.05) is 0 Å². The number of hydrogen-bond donors (Lipinski definition) is 1. The minimum atomic E-state index is -0.0693. The molecule has 134 valence electrons. The molecule has 0 bridgehead atoms. The van der Waals surface area contributed by atoms with Crippen molar-refractivity contribution in [3.05, 3.63) is 0 Å². The van der Waals surface area contributed by atoms with Crippen LogP contribution in [0, 0.1) is 5.92 Å². The molecule has 4 nitrogen and oxygen atoms in total. The number of aliphatic hydroxyl groups is 1. The van der Waals surface area contributed by atoms with Crippen molar-refractivity contribution in [2.24, 2.45) is 5.92 Å². The molecular formula is C19H37N3O. The zero-order chi connectivity index (χ0) is 16.6.